The molecule has 19 heavy (non-hydrogen) atoms. The van der Waals surface area contributed by atoms with Crippen molar-refractivity contribution in [3.05, 3.63) is 71.8 Å². The molecule has 2 rings (SSSR count). The molecule has 2 aromatic rings. The minimum Gasteiger partial charge on any atom is -0.490 e. The summed E-state index contributed by atoms with van der Waals surface area (Å²) in [6.45, 7) is 2.26. The van der Waals surface area contributed by atoms with Gasteiger partial charge in [-0.15, -0.1) is 0 Å². The molecule has 0 amide bonds. The van der Waals surface area contributed by atoms with Crippen molar-refractivity contribution in [2.75, 3.05) is 6.61 Å². The highest BCUT2D eigenvalue weighted by Gasteiger charge is 2.01. The first-order valence-corrected chi connectivity index (χ1v) is 6.38. The van der Waals surface area contributed by atoms with Gasteiger partial charge in [0.1, 0.15) is 12.4 Å². The van der Waals surface area contributed by atoms with Crippen molar-refractivity contribution in [3.8, 4) is 5.75 Å². The zero-order valence-electron chi connectivity index (χ0n) is 11.0. The smallest absolute Gasteiger partial charge is 0.120 e. The van der Waals surface area contributed by atoms with E-state index in [0.717, 1.165) is 16.9 Å². The van der Waals surface area contributed by atoms with Crippen molar-refractivity contribution in [2.45, 2.75) is 13.0 Å². The van der Waals surface area contributed by atoms with Crippen LogP contribution in [0.1, 0.15) is 24.2 Å². The zero-order valence-corrected chi connectivity index (χ0v) is 11.0. The zero-order chi connectivity index (χ0) is 13.5. The highest BCUT2D eigenvalue weighted by atomic mass is 16.5. The summed E-state index contributed by atoms with van der Waals surface area (Å²) in [7, 11) is 0. The highest BCUT2D eigenvalue weighted by molar-refractivity contribution is 5.48. The molecule has 0 spiro atoms. The number of ether oxygens (including phenoxy) is 1. The third kappa shape index (κ3) is 4.27. The lowest BCUT2D eigenvalue weighted by Crippen LogP contribution is -1.96. The molecule has 98 valence electrons. The summed E-state index contributed by atoms with van der Waals surface area (Å²) < 4.78 is 5.62. The van der Waals surface area contributed by atoms with E-state index in [9.17, 15) is 5.11 Å². The van der Waals surface area contributed by atoms with Gasteiger partial charge in [0, 0.05) is 0 Å². The Balaban J connectivity index is 1.89. The maximum atomic E-state index is 9.50. The van der Waals surface area contributed by atoms with Crippen LogP contribution in [0, 0.1) is 0 Å². The molecular formula is C17H18O2. The molecule has 1 unspecified atom stereocenters. The van der Waals surface area contributed by atoms with Gasteiger partial charge in [0.25, 0.3) is 0 Å². The van der Waals surface area contributed by atoms with Crippen molar-refractivity contribution in [1.29, 1.82) is 0 Å². The van der Waals surface area contributed by atoms with Crippen LogP contribution in [0.2, 0.25) is 0 Å². The summed E-state index contributed by atoms with van der Waals surface area (Å²) in [6, 6.07) is 17.6. The van der Waals surface area contributed by atoms with E-state index in [2.05, 4.69) is 0 Å². The first-order valence-electron chi connectivity index (χ1n) is 6.38. The number of aliphatic hydroxyl groups excluding tert-OH is 1. The Labute approximate surface area is 114 Å². The fourth-order valence-electron chi connectivity index (χ4n) is 1.76. The van der Waals surface area contributed by atoms with Gasteiger partial charge in [-0.3, -0.25) is 0 Å². The second-order valence-corrected chi connectivity index (χ2v) is 4.37. The summed E-state index contributed by atoms with van der Waals surface area (Å²) in [5.74, 6) is 0.774. The largest absolute Gasteiger partial charge is 0.490 e. The van der Waals surface area contributed by atoms with E-state index in [1.54, 1.807) is 6.92 Å². The minimum atomic E-state index is -0.469. The predicted octanol–water partition coefficient (Wildman–Crippen LogP) is 3.83. The average molecular weight is 254 g/mol. The predicted molar refractivity (Wildman–Crippen MR) is 78.0 cm³/mol. The van der Waals surface area contributed by atoms with Crippen LogP contribution in [0.5, 0.6) is 5.75 Å². The molecule has 0 saturated carbocycles. The monoisotopic (exact) mass is 254 g/mol. The van der Waals surface area contributed by atoms with Crippen LogP contribution in [0.15, 0.2) is 60.7 Å². The van der Waals surface area contributed by atoms with Crippen molar-refractivity contribution < 1.29 is 9.84 Å². The molecule has 2 aromatic carbocycles. The topological polar surface area (TPSA) is 29.5 Å². The molecule has 0 heterocycles. The molecular weight excluding hydrogens is 236 g/mol. The van der Waals surface area contributed by atoms with Gasteiger partial charge < -0.3 is 9.84 Å². The van der Waals surface area contributed by atoms with Gasteiger partial charge in [0.15, 0.2) is 0 Å². The van der Waals surface area contributed by atoms with Crippen LogP contribution in [-0.2, 0) is 0 Å². The van der Waals surface area contributed by atoms with Crippen LogP contribution in [0.4, 0.5) is 0 Å². The molecule has 0 radical (unpaired) electrons. The van der Waals surface area contributed by atoms with Crippen LogP contribution in [0.3, 0.4) is 0 Å². The lowest BCUT2D eigenvalue weighted by Gasteiger charge is -2.07. The molecule has 1 atom stereocenters. The summed E-state index contributed by atoms with van der Waals surface area (Å²) in [4.78, 5) is 0. The van der Waals surface area contributed by atoms with Gasteiger partial charge in [-0.05, 0) is 36.3 Å². The normalized spacial score (nSPS) is 12.5. The Hall–Kier alpha value is -2.06. The molecule has 0 aliphatic carbocycles. The van der Waals surface area contributed by atoms with E-state index >= 15 is 0 Å². The number of aliphatic hydroxyl groups is 1. The summed E-state index contributed by atoms with van der Waals surface area (Å²) >= 11 is 0. The molecule has 2 nitrogen and oxygen atoms in total. The first kappa shape index (κ1) is 13.4. The Morgan fingerprint density at radius 2 is 1.89 bits per heavy atom. The molecule has 0 bridgehead atoms. The van der Waals surface area contributed by atoms with E-state index in [4.69, 9.17) is 4.74 Å². The lowest BCUT2D eigenvalue weighted by atomic mass is 10.1. The molecule has 0 aliphatic rings. The highest BCUT2D eigenvalue weighted by Crippen LogP contribution is 2.18. The SMILES string of the molecule is CC(O)c1cccc(OC/C=C/c2ccccc2)c1. The number of benzene rings is 2. The molecule has 0 fully saturated rings. The Morgan fingerprint density at radius 3 is 2.63 bits per heavy atom. The lowest BCUT2D eigenvalue weighted by molar-refractivity contribution is 0.198. The van der Waals surface area contributed by atoms with Crippen LogP contribution >= 0.6 is 0 Å². The molecule has 0 saturated heterocycles. The average Bonchev–Trinajstić information content (AvgIpc) is 2.45. The van der Waals surface area contributed by atoms with Crippen LogP contribution in [-0.4, -0.2) is 11.7 Å². The van der Waals surface area contributed by atoms with Gasteiger partial charge >= 0.3 is 0 Å². The molecule has 1 N–H and O–H groups in total. The number of rotatable bonds is 5. The fraction of sp³-hybridized carbons (Fsp3) is 0.176. The number of hydrogen-bond acceptors (Lipinski definition) is 2. The van der Waals surface area contributed by atoms with Crippen LogP contribution in [0.25, 0.3) is 6.08 Å². The minimum absolute atomic E-state index is 0.469. The van der Waals surface area contributed by atoms with E-state index in [1.807, 2.05) is 66.7 Å². The summed E-state index contributed by atoms with van der Waals surface area (Å²) in [6.07, 6.45) is 3.53. The summed E-state index contributed by atoms with van der Waals surface area (Å²) in [5.41, 5.74) is 2.02. The maximum absolute atomic E-state index is 9.50. The standard InChI is InChI=1S/C17H18O2/c1-14(18)16-10-5-11-17(13-16)19-12-6-9-15-7-3-2-4-8-15/h2-11,13-14,18H,12H2,1H3/b9-6+. The molecule has 2 heteroatoms. The van der Waals surface area contributed by atoms with Crippen molar-refractivity contribution in [1.82, 2.24) is 0 Å². The van der Waals surface area contributed by atoms with Gasteiger partial charge in [-0.1, -0.05) is 48.5 Å². The Bertz CT molecular complexity index is 530. The second-order valence-electron chi connectivity index (χ2n) is 4.37. The molecule has 0 aromatic heterocycles. The van der Waals surface area contributed by atoms with Crippen molar-refractivity contribution >= 4 is 6.08 Å². The summed E-state index contributed by atoms with van der Waals surface area (Å²) in [5, 5.41) is 9.50. The van der Waals surface area contributed by atoms with Gasteiger partial charge in [0.05, 0.1) is 6.10 Å². The van der Waals surface area contributed by atoms with Gasteiger partial charge in [-0.25, -0.2) is 0 Å². The van der Waals surface area contributed by atoms with E-state index in [-0.39, 0.29) is 0 Å². The van der Waals surface area contributed by atoms with Gasteiger partial charge in [-0.2, -0.15) is 0 Å². The quantitative estimate of drug-likeness (QED) is 0.878. The first-order chi connectivity index (χ1) is 9.25. The maximum Gasteiger partial charge on any atom is 0.120 e. The van der Waals surface area contributed by atoms with Crippen LogP contribution < -0.4 is 4.74 Å². The number of hydrogen-bond donors (Lipinski definition) is 1. The fourth-order valence-corrected chi connectivity index (χ4v) is 1.76. The Kier molecular flexibility index (Phi) is 4.76. The molecule has 0 aliphatic heterocycles. The third-order valence-electron chi connectivity index (χ3n) is 2.80. The van der Waals surface area contributed by atoms with E-state index in [0.29, 0.717) is 6.61 Å². The van der Waals surface area contributed by atoms with Gasteiger partial charge in [0.2, 0.25) is 0 Å². The van der Waals surface area contributed by atoms with E-state index < -0.39 is 6.10 Å². The third-order valence-corrected chi connectivity index (χ3v) is 2.80. The van der Waals surface area contributed by atoms with Crippen molar-refractivity contribution in [3.63, 3.8) is 0 Å². The van der Waals surface area contributed by atoms with E-state index in [1.165, 1.54) is 0 Å². The van der Waals surface area contributed by atoms with Crippen molar-refractivity contribution in [2.24, 2.45) is 0 Å². The second kappa shape index (κ2) is 6.76. The Morgan fingerprint density at radius 1 is 1.11 bits per heavy atom.